The lowest BCUT2D eigenvalue weighted by molar-refractivity contribution is 0.503. The van der Waals surface area contributed by atoms with Crippen molar-refractivity contribution in [3.05, 3.63) is 91.0 Å². The molecule has 0 fully saturated rings. The van der Waals surface area contributed by atoms with E-state index in [0.29, 0.717) is 16.4 Å². The van der Waals surface area contributed by atoms with Crippen LogP contribution in [0, 0.1) is 0 Å². The van der Waals surface area contributed by atoms with Gasteiger partial charge in [0, 0.05) is 0 Å². The molecule has 22 heavy (non-hydrogen) atoms. The smallest absolute Gasteiger partial charge is 0.306 e. The maximum absolute atomic E-state index is 13.6. The van der Waals surface area contributed by atoms with Crippen LogP contribution in [0.4, 0.5) is 0 Å². The highest BCUT2D eigenvalue weighted by molar-refractivity contribution is 7.74. The quantitative estimate of drug-likeness (QED) is 0.675. The van der Waals surface area contributed by atoms with Crippen LogP contribution in [-0.4, -0.2) is 0 Å². The highest BCUT2D eigenvalue weighted by Crippen LogP contribution is 2.44. The summed E-state index contributed by atoms with van der Waals surface area (Å²) in [6.45, 7) is 0. The number of rotatable bonds is 4. The summed E-state index contributed by atoms with van der Waals surface area (Å²) < 4.78 is 19.5. The molecule has 0 radical (unpaired) electrons. The molecule has 4 heteroatoms. The lowest BCUT2D eigenvalue weighted by Gasteiger charge is -2.20. The average molecular weight is 328 g/mol. The topological polar surface area (TPSA) is 26.3 Å². The molecule has 0 bridgehead atoms. The van der Waals surface area contributed by atoms with E-state index in [1.807, 2.05) is 91.0 Å². The third-order valence-electron chi connectivity index (χ3n) is 3.17. The van der Waals surface area contributed by atoms with E-state index in [2.05, 4.69) is 0 Å². The van der Waals surface area contributed by atoms with Gasteiger partial charge < -0.3 is 4.52 Å². The van der Waals surface area contributed by atoms with E-state index < -0.39 is 7.37 Å². The second-order valence-corrected chi connectivity index (χ2v) is 6.95. The summed E-state index contributed by atoms with van der Waals surface area (Å²) in [7, 11) is -3.15. The molecule has 2 nitrogen and oxygen atoms in total. The van der Waals surface area contributed by atoms with Crippen LogP contribution in [0.1, 0.15) is 0 Å². The van der Waals surface area contributed by atoms with Gasteiger partial charge in [-0.3, -0.25) is 4.57 Å². The van der Waals surface area contributed by atoms with E-state index in [1.165, 1.54) is 0 Å². The number of hydrogen-bond acceptors (Lipinski definition) is 2. The summed E-state index contributed by atoms with van der Waals surface area (Å²) in [6.07, 6.45) is 0. The number of benzene rings is 3. The van der Waals surface area contributed by atoms with Gasteiger partial charge in [0.15, 0.2) is 0 Å². The first-order valence-corrected chi connectivity index (χ1v) is 8.37. The van der Waals surface area contributed by atoms with Gasteiger partial charge in [-0.05, 0) is 36.4 Å². The Balaban J connectivity index is 0.00000176. The van der Waals surface area contributed by atoms with Crippen molar-refractivity contribution in [3.8, 4) is 5.75 Å². The van der Waals surface area contributed by atoms with Crippen molar-refractivity contribution in [1.29, 1.82) is 0 Å². The van der Waals surface area contributed by atoms with E-state index in [9.17, 15) is 4.57 Å². The van der Waals surface area contributed by atoms with Crippen molar-refractivity contribution >= 4 is 27.9 Å². The zero-order valence-corrected chi connectivity index (χ0v) is 14.4. The van der Waals surface area contributed by atoms with Gasteiger partial charge in [-0.1, -0.05) is 54.6 Å². The molecule has 3 aromatic rings. The normalized spacial score (nSPS) is 10.5. The summed E-state index contributed by atoms with van der Waals surface area (Å²) in [4.78, 5) is 0. The standard InChI is InChI=1S/C18H15O2P.H3P/c19-21(17-12-6-2-7-13-17,18-14-8-3-9-15-18)20-16-10-4-1-5-11-16;/h1-15H;1H3. The Morgan fingerprint density at radius 2 is 0.955 bits per heavy atom. The van der Waals surface area contributed by atoms with Gasteiger partial charge in [0.2, 0.25) is 0 Å². The summed E-state index contributed by atoms with van der Waals surface area (Å²) in [5.74, 6) is 0.605. The van der Waals surface area contributed by atoms with Gasteiger partial charge in [-0.15, -0.1) is 0 Å². The zero-order chi connectivity index (χ0) is 14.5. The van der Waals surface area contributed by atoms with Crippen LogP contribution in [0.5, 0.6) is 5.75 Å². The summed E-state index contributed by atoms with van der Waals surface area (Å²) in [5.41, 5.74) is 0. The van der Waals surface area contributed by atoms with Gasteiger partial charge in [-0.2, -0.15) is 9.90 Å². The predicted octanol–water partition coefficient (Wildman–Crippen LogP) is 4.05. The molecule has 0 aliphatic heterocycles. The van der Waals surface area contributed by atoms with Crippen LogP contribution in [-0.2, 0) is 4.57 Å². The summed E-state index contributed by atoms with van der Waals surface area (Å²) in [6, 6.07) is 28.0. The third-order valence-corrected chi connectivity index (χ3v) is 5.59. The highest BCUT2D eigenvalue weighted by Gasteiger charge is 2.29. The maximum atomic E-state index is 13.6. The second-order valence-electron chi connectivity index (χ2n) is 4.63. The monoisotopic (exact) mass is 328 g/mol. The molecule has 0 aliphatic carbocycles. The fraction of sp³-hybridized carbons (Fsp3) is 0. The largest absolute Gasteiger partial charge is 0.437 e. The van der Waals surface area contributed by atoms with Crippen molar-refractivity contribution in [1.82, 2.24) is 0 Å². The van der Waals surface area contributed by atoms with Gasteiger partial charge in [-0.25, -0.2) is 0 Å². The summed E-state index contributed by atoms with van der Waals surface area (Å²) in [5, 5.41) is 1.39. The number of hydrogen-bond donors (Lipinski definition) is 0. The number of para-hydroxylation sites is 1. The minimum absolute atomic E-state index is 0. The Hall–Kier alpha value is -1.88. The van der Waals surface area contributed by atoms with E-state index in [0.717, 1.165) is 0 Å². The average Bonchev–Trinajstić information content (AvgIpc) is 2.57. The Morgan fingerprint density at radius 1 is 0.591 bits per heavy atom. The van der Waals surface area contributed by atoms with Crippen LogP contribution < -0.4 is 15.1 Å². The molecule has 3 aromatic carbocycles. The molecular weight excluding hydrogens is 310 g/mol. The van der Waals surface area contributed by atoms with Crippen molar-refractivity contribution in [3.63, 3.8) is 0 Å². The molecule has 0 saturated carbocycles. The molecule has 0 saturated heterocycles. The van der Waals surface area contributed by atoms with E-state index in [1.54, 1.807) is 0 Å². The zero-order valence-electron chi connectivity index (χ0n) is 12.1. The first kappa shape index (κ1) is 16.5. The van der Waals surface area contributed by atoms with Crippen molar-refractivity contribution in [2.75, 3.05) is 0 Å². The molecule has 0 spiro atoms. The van der Waals surface area contributed by atoms with Gasteiger partial charge in [0.1, 0.15) is 5.75 Å². The Morgan fingerprint density at radius 3 is 1.36 bits per heavy atom. The van der Waals surface area contributed by atoms with E-state index in [-0.39, 0.29) is 9.90 Å². The van der Waals surface area contributed by atoms with Gasteiger partial charge >= 0.3 is 7.37 Å². The molecule has 0 heterocycles. The Kier molecular flexibility index (Phi) is 5.55. The molecular formula is C18H18O2P2. The molecule has 1 unspecified atom stereocenters. The lowest BCUT2D eigenvalue weighted by atomic mass is 10.3. The van der Waals surface area contributed by atoms with Crippen LogP contribution in [0.2, 0.25) is 0 Å². The lowest BCUT2D eigenvalue weighted by Crippen LogP contribution is -2.19. The third kappa shape index (κ3) is 3.47. The molecule has 1 atom stereocenters. The fourth-order valence-electron chi connectivity index (χ4n) is 2.13. The SMILES string of the molecule is O=P(Oc1ccccc1)(c1ccccc1)c1ccccc1.P. The second kappa shape index (κ2) is 7.40. The molecule has 0 aromatic heterocycles. The summed E-state index contributed by atoms with van der Waals surface area (Å²) >= 11 is 0. The Bertz CT molecular complexity index is 700. The van der Waals surface area contributed by atoms with E-state index >= 15 is 0 Å². The molecule has 0 amide bonds. The first-order chi connectivity index (χ1) is 10.3. The van der Waals surface area contributed by atoms with Crippen molar-refractivity contribution < 1.29 is 9.09 Å². The van der Waals surface area contributed by atoms with E-state index in [4.69, 9.17) is 4.52 Å². The maximum Gasteiger partial charge on any atom is 0.306 e. The molecule has 3 rings (SSSR count). The molecule has 0 N–H and O–H groups in total. The predicted molar refractivity (Wildman–Crippen MR) is 97.9 cm³/mol. The van der Waals surface area contributed by atoms with Crippen LogP contribution >= 0.6 is 17.3 Å². The minimum Gasteiger partial charge on any atom is -0.437 e. The highest BCUT2D eigenvalue weighted by atomic mass is 31.2. The van der Waals surface area contributed by atoms with Crippen molar-refractivity contribution in [2.24, 2.45) is 0 Å². The van der Waals surface area contributed by atoms with Crippen LogP contribution in [0.3, 0.4) is 0 Å². The van der Waals surface area contributed by atoms with Crippen LogP contribution in [0.15, 0.2) is 91.0 Å². The van der Waals surface area contributed by atoms with Crippen LogP contribution in [0.25, 0.3) is 0 Å². The van der Waals surface area contributed by atoms with Gasteiger partial charge in [0.05, 0.1) is 10.6 Å². The van der Waals surface area contributed by atoms with Gasteiger partial charge in [0.25, 0.3) is 0 Å². The fourth-order valence-corrected chi connectivity index (χ4v) is 4.19. The molecule has 0 aliphatic rings. The minimum atomic E-state index is -3.15. The molecule has 112 valence electrons. The first-order valence-electron chi connectivity index (χ1n) is 6.75. The van der Waals surface area contributed by atoms with Crippen molar-refractivity contribution in [2.45, 2.75) is 0 Å². The Labute approximate surface area is 134 Å².